The van der Waals surface area contributed by atoms with Crippen molar-refractivity contribution in [3.05, 3.63) is 11.1 Å². The molecule has 1 saturated carbocycles. The van der Waals surface area contributed by atoms with E-state index in [1.54, 1.807) is 11.1 Å². The molecule has 0 aromatic heterocycles. The summed E-state index contributed by atoms with van der Waals surface area (Å²) in [5, 5.41) is 9.81. The molecule has 3 rings (SSSR count). The molecule has 0 amide bonds. The SMILES string of the molecule is CCCC1CCC(CCC2CCC3=C(CCC(O)C3)C2)CC1. The van der Waals surface area contributed by atoms with Crippen LogP contribution in [-0.4, -0.2) is 11.2 Å². The van der Waals surface area contributed by atoms with Crippen LogP contribution in [0.5, 0.6) is 0 Å². The zero-order valence-corrected chi connectivity index (χ0v) is 14.7. The second-order valence-electron chi connectivity index (χ2n) is 8.47. The molecule has 3 aliphatic rings. The molecule has 0 bridgehead atoms. The van der Waals surface area contributed by atoms with E-state index >= 15 is 0 Å². The maximum atomic E-state index is 9.81. The summed E-state index contributed by atoms with van der Waals surface area (Å²) >= 11 is 0. The lowest BCUT2D eigenvalue weighted by atomic mass is 9.73. The summed E-state index contributed by atoms with van der Waals surface area (Å²) in [6, 6.07) is 0. The van der Waals surface area contributed by atoms with Crippen LogP contribution in [0.1, 0.15) is 96.8 Å². The molecule has 3 aliphatic carbocycles. The highest BCUT2D eigenvalue weighted by Gasteiger charge is 2.27. The van der Waals surface area contributed by atoms with Crippen LogP contribution in [0, 0.1) is 17.8 Å². The Hall–Kier alpha value is -0.300. The predicted octanol–water partition coefficient (Wildman–Crippen LogP) is 6.01. The molecule has 22 heavy (non-hydrogen) atoms. The van der Waals surface area contributed by atoms with E-state index < -0.39 is 0 Å². The van der Waals surface area contributed by atoms with Crippen LogP contribution in [0.25, 0.3) is 0 Å². The van der Waals surface area contributed by atoms with Crippen molar-refractivity contribution in [2.45, 2.75) is 103 Å². The van der Waals surface area contributed by atoms with Crippen LogP contribution in [0.2, 0.25) is 0 Å². The van der Waals surface area contributed by atoms with Gasteiger partial charge in [0.2, 0.25) is 0 Å². The van der Waals surface area contributed by atoms with Crippen molar-refractivity contribution >= 4 is 0 Å². The van der Waals surface area contributed by atoms with Crippen molar-refractivity contribution in [1.82, 2.24) is 0 Å². The molecule has 0 radical (unpaired) electrons. The smallest absolute Gasteiger partial charge is 0.0580 e. The van der Waals surface area contributed by atoms with Gasteiger partial charge in [-0.1, -0.05) is 63.0 Å². The van der Waals surface area contributed by atoms with Gasteiger partial charge in [-0.15, -0.1) is 0 Å². The molecule has 1 heteroatoms. The number of aliphatic hydroxyl groups excluding tert-OH is 1. The summed E-state index contributed by atoms with van der Waals surface area (Å²) in [6.07, 6.45) is 19.1. The Morgan fingerprint density at radius 3 is 2.05 bits per heavy atom. The van der Waals surface area contributed by atoms with Gasteiger partial charge in [-0.05, 0) is 62.7 Å². The van der Waals surface area contributed by atoms with E-state index in [1.165, 1.54) is 77.0 Å². The summed E-state index contributed by atoms with van der Waals surface area (Å²) < 4.78 is 0. The van der Waals surface area contributed by atoms with Crippen molar-refractivity contribution in [2.75, 3.05) is 0 Å². The largest absolute Gasteiger partial charge is 0.393 e. The first-order valence-corrected chi connectivity index (χ1v) is 10.1. The van der Waals surface area contributed by atoms with Crippen LogP contribution in [-0.2, 0) is 0 Å². The van der Waals surface area contributed by atoms with Gasteiger partial charge in [-0.25, -0.2) is 0 Å². The Labute approximate surface area is 137 Å². The van der Waals surface area contributed by atoms with E-state index in [-0.39, 0.29) is 6.10 Å². The number of allylic oxidation sites excluding steroid dienone is 1. The van der Waals surface area contributed by atoms with Gasteiger partial charge in [0.05, 0.1) is 6.10 Å². The maximum absolute atomic E-state index is 9.81. The fraction of sp³-hybridized carbons (Fsp3) is 0.905. The van der Waals surface area contributed by atoms with Gasteiger partial charge < -0.3 is 5.11 Å². The molecular weight excluding hydrogens is 268 g/mol. The summed E-state index contributed by atoms with van der Waals surface area (Å²) in [5.41, 5.74) is 3.38. The van der Waals surface area contributed by atoms with Crippen LogP contribution in [0.15, 0.2) is 11.1 Å². The average Bonchev–Trinajstić information content (AvgIpc) is 2.54. The van der Waals surface area contributed by atoms with E-state index in [1.807, 2.05) is 0 Å². The Bertz CT molecular complexity index is 375. The topological polar surface area (TPSA) is 20.2 Å². The molecule has 1 N–H and O–H groups in total. The Morgan fingerprint density at radius 2 is 1.32 bits per heavy atom. The predicted molar refractivity (Wildman–Crippen MR) is 93.8 cm³/mol. The fourth-order valence-electron chi connectivity index (χ4n) is 5.34. The van der Waals surface area contributed by atoms with Gasteiger partial charge in [0.15, 0.2) is 0 Å². The summed E-state index contributed by atoms with van der Waals surface area (Å²) in [5.74, 6) is 3.05. The van der Waals surface area contributed by atoms with Crippen LogP contribution in [0.3, 0.4) is 0 Å². The van der Waals surface area contributed by atoms with E-state index in [2.05, 4.69) is 6.92 Å². The monoisotopic (exact) mass is 304 g/mol. The lowest BCUT2D eigenvalue weighted by Gasteiger charge is -2.34. The van der Waals surface area contributed by atoms with Gasteiger partial charge in [0.25, 0.3) is 0 Å². The highest BCUT2D eigenvalue weighted by atomic mass is 16.3. The van der Waals surface area contributed by atoms with Crippen LogP contribution >= 0.6 is 0 Å². The number of hydrogen-bond donors (Lipinski definition) is 1. The minimum absolute atomic E-state index is 0.0337. The fourth-order valence-corrected chi connectivity index (χ4v) is 5.34. The normalized spacial score (nSPS) is 36.3. The highest BCUT2D eigenvalue weighted by Crippen LogP contribution is 2.41. The van der Waals surface area contributed by atoms with Crippen molar-refractivity contribution in [1.29, 1.82) is 0 Å². The molecule has 1 nitrogen and oxygen atoms in total. The van der Waals surface area contributed by atoms with Gasteiger partial charge in [-0.2, -0.15) is 0 Å². The third-order valence-electron chi connectivity index (χ3n) is 6.80. The second-order valence-corrected chi connectivity index (χ2v) is 8.47. The van der Waals surface area contributed by atoms with Gasteiger partial charge in [0.1, 0.15) is 0 Å². The Morgan fingerprint density at radius 1 is 0.727 bits per heavy atom. The molecule has 2 unspecified atom stereocenters. The first-order valence-electron chi connectivity index (χ1n) is 10.1. The minimum Gasteiger partial charge on any atom is -0.393 e. The van der Waals surface area contributed by atoms with E-state index in [0.29, 0.717) is 0 Å². The van der Waals surface area contributed by atoms with E-state index in [4.69, 9.17) is 0 Å². The van der Waals surface area contributed by atoms with Crippen LogP contribution in [0.4, 0.5) is 0 Å². The van der Waals surface area contributed by atoms with Crippen molar-refractivity contribution in [2.24, 2.45) is 17.8 Å². The van der Waals surface area contributed by atoms with Crippen molar-refractivity contribution < 1.29 is 5.11 Å². The second kappa shape index (κ2) is 7.99. The van der Waals surface area contributed by atoms with E-state index in [0.717, 1.165) is 30.6 Å². The summed E-state index contributed by atoms with van der Waals surface area (Å²) in [6.45, 7) is 2.34. The minimum atomic E-state index is -0.0337. The number of hydrogen-bond acceptors (Lipinski definition) is 1. The highest BCUT2D eigenvalue weighted by molar-refractivity contribution is 5.21. The molecule has 126 valence electrons. The zero-order valence-electron chi connectivity index (χ0n) is 14.7. The third-order valence-corrected chi connectivity index (χ3v) is 6.80. The van der Waals surface area contributed by atoms with Crippen molar-refractivity contribution in [3.63, 3.8) is 0 Å². The molecule has 0 aliphatic heterocycles. The number of aliphatic hydroxyl groups is 1. The molecule has 1 fully saturated rings. The third kappa shape index (κ3) is 4.37. The summed E-state index contributed by atoms with van der Waals surface area (Å²) in [4.78, 5) is 0. The number of rotatable bonds is 5. The molecule has 2 atom stereocenters. The van der Waals surface area contributed by atoms with Gasteiger partial charge in [0, 0.05) is 0 Å². The van der Waals surface area contributed by atoms with Crippen molar-refractivity contribution in [3.8, 4) is 0 Å². The molecule has 0 saturated heterocycles. The molecule has 0 aromatic carbocycles. The quantitative estimate of drug-likeness (QED) is 0.616. The van der Waals surface area contributed by atoms with E-state index in [9.17, 15) is 5.11 Å². The summed E-state index contributed by atoms with van der Waals surface area (Å²) in [7, 11) is 0. The first kappa shape index (κ1) is 16.6. The zero-order chi connectivity index (χ0) is 15.4. The first-order chi connectivity index (χ1) is 10.7. The molecule has 0 heterocycles. The maximum Gasteiger partial charge on any atom is 0.0580 e. The average molecular weight is 305 g/mol. The molecule has 0 spiro atoms. The molecular formula is C21H36O. The lowest BCUT2D eigenvalue weighted by Crippen LogP contribution is -2.21. The lowest BCUT2D eigenvalue weighted by molar-refractivity contribution is 0.151. The Balaban J connectivity index is 1.39. The van der Waals surface area contributed by atoms with Gasteiger partial charge in [-0.3, -0.25) is 0 Å². The standard InChI is InChI=1S/C21H36O/c1-2-3-16-4-6-17(7-5-16)8-9-18-10-11-20-15-21(22)13-12-19(20)14-18/h16-18,21-22H,2-15H2,1H3. The molecule has 0 aromatic rings. The van der Waals surface area contributed by atoms with Crippen LogP contribution < -0.4 is 0 Å². The van der Waals surface area contributed by atoms with Gasteiger partial charge >= 0.3 is 0 Å². The Kier molecular flexibility index (Phi) is 6.02.